The zero-order chi connectivity index (χ0) is 16.1. The third-order valence-electron chi connectivity index (χ3n) is 3.20. The van der Waals surface area contributed by atoms with E-state index in [1.54, 1.807) is 12.1 Å². The van der Waals surface area contributed by atoms with Gasteiger partial charge >= 0.3 is 0 Å². The number of amides is 1. The van der Waals surface area contributed by atoms with Gasteiger partial charge in [-0.05, 0) is 32.0 Å². The summed E-state index contributed by atoms with van der Waals surface area (Å²) in [4.78, 5) is 29.9. The van der Waals surface area contributed by atoms with Crippen LogP contribution in [0, 0.1) is 0 Å². The van der Waals surface area contributed by atoms with Crippen LogP contribution in [0.2, 0.25) is 0 Å². The van der Waals surface area contributed by atoms with Gasteiger partial charge in [0, 0.05) is 30.6 Å². The van der Waals surface area contributed by atoms with Crippen LogP contribution in [0.1, 0.15) is 13.8 Å². The van der Waals surface area contributed by atoms with Gasteiger partial charge in [0.25, 0.3) is 5.56 Å². The Morgan fingerprint density at radius 3 is 2.73 bits per heavy atom. The molecule has 1 heterocycles. The molecule has 0 unspecified atom stereocenters. The van der Waals surface area contributed by atoms with Crippen molar-refractivity contribution in [1.29, 1.82) is 0 Å². The average molecular weight is 321 g/mol. The largest absolute Gasteiger partial charge is 0.375 e. The fourth-order valence-corrected chi connectivity index (χ4v) is 3.19. The molecule has 0 saturated carbocycles. The third kappa shape index (κ3) is 3.61. The zero-order valence-electron chi connectivity index (χ0n) is 12.9. The number of carbonyl (C=O) groups is 1. The summed E-state index contributed by atoms with van der Waals surface area (Å²) in [6.45, 7) is 5.64. The number of nitrogens with one attached hydrogen (secondary N) is 1. The molecule has 0 atom stereocenters. The van der Waals surface area contributed by atoms with Crippen LogP contribution >= 0.6 is 11.3 Å². The van der Waals surface area contributed by atoms with E-state index in [1.165, 1.54) is 18.4 Å². The lowest BCUT2D eigenvalue weighted by atomic mass is 10.2. The molecule has 0 radical (unpaired) electrons. The van der Waals surface area contributed by atoms with Crippen molar-refractivity contribution >= 4 is 38.1 Å². The van der Waals surface area contributed by atoms with E-state index >= 15 is 0 Å². The summed E-state index contributed by atoms with van der Waals surface area (Å²) in [5.74, 6) is -0.259. The Labute approximate surface area is 132 Å². The molecule has 0 saturated heterocycles. The second kappa shape index (κ2) is 7.33. The third-order valence-corrected chi connectivity index (χ3v) is 4.31. The maximum atomic E-state index is 12.2. The molecule has 6 nitrogen and oxygen atoms in total. The normalized spacial score (nSPS) is 10.7. The van der Waals surface area contributed by atoms with Gasteiger partial charge in [0.05, 0.1) is 5.39 Å². The molecule has 0 spiro atoms. The Kier molecular flexibility index (Phi) is 5.46. The summed E-state index contributed by atoms with van der Waals surface area (Å²) in [7, 11) is 1.45. The Balaban J connectivity index is 2.38. The fraction of sp³-hybridized carbons (Fsp3) is 0.400. The number of hydrogen-bond donors (Lipinski definition) is 1. The Bertz CT molecular complexity index is 726. The number of anilines is 2. The SMILES string of the molecule is CCN(CC)c1nc(=O)c2cc(NC(=O)COC)ccc2s1. The van der Waals surface area contributed by atoms with E-state index in [1.807, 2.05) is 24.8 Å². The summed E-state index contributed by atoms with van der Waals surface area (Å²) in [6, 6.07) is 5.26. The molecule has 2 aromatic rings. The van der Waals surface area contributed by atoms with Crippen LogP contribution in [0.15, 0.2) is 23.0 Å². The molecule has 0 bridgehead atoms. The van der Waals surface area contributed by atoms with Crippen molar-refractivity contribution in [2.75, 3.05) is 37.0 Å². The average Bonchev–Trinajstić information content (AvgIpc) is 2.49. The van der Waals surface area contributed by atoms with Gasteiger partial charge in [0.1, 0.15) is 6.61 Å². The molecular weight excluding hydrogens is 302 g/mol. The lowest BCUT2D eigenvalue weighted by Crippen LogP contribution is -2.24. The van der Waals surface area contributed by atoms with Gasteiger partial charge < -0.3 is 15.0 Å². The van der Waals surface area contributed by atoms with Gasteiger partial charge in [-0.15, -0.1) is 0 Å². The molecule has 7 heteroatoms. The summed E-state index contributed by atoms with van der Waals surface area (Å²) >= 11 is 1.47. The molecule has 118 valence electrons. The van der Waals surface area contributed by atoms with Crippen LogP contribution in [-0.4, -0.2) is 37.7 Å². The highest BCUT2D eigenvalue weighted by Gasteiger charge is 2.10. The summed E-state index contributed by atoms with van der Waals surface area (Å²) < 4.78 is 5.62. The molecule has 1 N–H and O–H groups in total. The van der Waals surface area contributed by atoms with Crippen LogP contribution in [0.5, 0.6) is 0 Å². The van der Waals surface area contributed by atoms with E-state index in [-0.39, 0.29) is 18.1 Å². The molecule has 0 fully saturated rings. The van der Waals surface area contributed by atoms with Crippen molar-refractivity contribution in [3.8, 4) is 0 Å². The highest BCUT2D eigenvalue weighted by atomic mass is 32.1. The Morgan fingerprint density at radius 2 is 2.09 bits per heavy atom. The summed E-state index contributed by atoms with van der Waals surface area (Å²) in [6.07, 6.45) is 0. The molecule has 22 heavy (non-hydrogen) atoms. The summed E-state index contributed by atoms with van der Waals surface area (Å²) in [5, 5.41) is 3.92. The maximum absolute atomic E-state index is 12.2. The van der Waals surface area contributed by atoms with Crippen molar-refractivity contribution in [2.24, 2.45) is 0 Å². The van der Waals surface area contributed by atoms with Crippen molar-refractivity contribution in [1.82, 2.24) is 4.98 Å². The molecule has 1 aromatic carbocycles. The van der Waals surface area contributed by atoms with E-state index in [0.717, 1.165) is 22.9 Å². The number of carbonyl (C=O) groups excluding carboxylic acids is 1. The molecular formula is C15H19N3O3S. The maximum Gasteiger partial charge on any atom is 0.281 e. The van der Waals surface area contributed by atoms with E-state index in [9.17, 15) is 9.59 Å². The molecule has 0 aliphatic rings. The van der Waals surface area contributed by atoms with Gasteiger partial charge in [-0.25, -0.2) is 0 Å². The van der Waals surface area contributed by atoms with E-state index in [2.05, 4.69) is 10.3 Å². The smallest absolute Gasteiger partial charge is 0.281 e. The number of ether oxygens (including phenoxy) is 1. The van der Waals surface area contributed by atoms with Crippen LogP contribution in [-0.2, 0) is 9.53 Å². The molecule has 2 rings (SSSR count). The van der Waals surface area contributed by atoms with Crippen LogP contribution in [0.3, 0.4) is 0 Å². The first-order valence-electron chi connectivity index (χ1n) is 7.07. The quantitative estimate of drug-likeness (QED) is 0.882. The first-order chi connectivity index (χ1) is 10.6. The highest BCUT2D eigenvalue weighted by molar-refractivity contribution is 7.21. The first-order valence-corrected chi connectivity index (χ1v) is 7.89. The van der Waals surface area contributed by atoms with Gasteiger partial charge in [-0.1, -0.05) is 11.3 Å². The van der Waals surface area contributed by atoms with Crippen molar-refractivity contribution in [3.05, 3.63) is 28.6 Å². The number of hydrogen-bond acceptors (Lipinski definition) is 6. The first kappa shape index (κ1) is 16.4. The predicted molar refractivity (Wildman–Crippen MR) is 90.0 cm³/mol. The minimum absolute atomic E-state index is 0.0238. The van der Waals surface area contributed by atoms with E-state index < -0.39 is 0 Å². The topological polar surface area (TPSA) is 71.5 Å². The molecule has 1 amide bonds. The van der Waals surface area contributed by atoms with Crippen molar-refractivity contribution < 1.29 is 9.53 Å². The van der Waals surface area contributed by atoms with Crippen LogP contribution in [0.25, 0.3) is 10.1 Å². The lowest BCUT2D eigenvalue weighted by molar-refractivity contribution is -0.119. The van der Waals surface area contributed by atoms with Gasteiger partial charge in [-0.2, -0.15) is 4.98 Å². The number of fused-ring (bicyclic) bond motifs is 1. The predicted octanol–water partition coefficient (Wildman–Crippen LogP) is 2.09. The van der Waals surface area contributed by atoms with Crippen LogP contribution < -0.4 is 15.8 Å². The van der Waals surface area contributed by atoms with Crippen molar-refractivity contribution in [2.45, 2.75) is 13.8 Å². The number of benzene rings is 1. The standard InChI is InChI=1S/C15H19N3O3S/c1-4-18(5-2)15-17-14(20)11-8-10(6-7-12(11)22-15)16-13(19)9-21-3/h6-8H,4-5,9H2,1-3H3,(H,16,19). The van der Waals surface area contributed by atoms with E-state index in [4.69, 9.17) is 4.74 Å². The Hall–Kier alpha value is -1.99. The number of rotatable bonds is 6. The molecule has 0 aliphatic heterocycles. The summed E-state index contributed by atoms with van der Waals surface area (Å²) in [5.41, 5.74) is 0.287. The van der Waals surface area contributed by atoms with E-state index in [0.29, 0.717) is 11.1 Å². The second-order valence-electron chi connectivity index (χ2n) is 4.67. The van der Waals surface area contributed by atoms with Crippen molar-refractivity contribution in [3.63, 3.8) is 0 Å². The minimum Gasteiger partial charge on any atom is -0.375 e. The number of nitrogens with zero attached hydrogens (tertiary/aromatic N) is 2. The minimum atomic E-state index is -0.279. The lowest BCUT2D eigenvalue weighted by Gasteiger charge is -2.18. The fourth-order valence-electron chi connectivity index (χ4n) is 2.09. The van der Waals surface area contributed by atoms with Crippen LogP contribution in [0.4, 0.5) is 10.8 Å². The monoisotopic (exact) mass is 321 g/mol. The number of aromatic nitrogens is 1. The number of methoxy groups -OCH3 is 1. The van der Waals surface area contributed by atoms with Gasteiger partial charge in [-0.3, -0.25) is 9.59 Å². The van der Waals surface area contributed by atoms with Gasteiger partial charge in [0.15, 0.2) is 5.13 Å². The molecule has 0 aliphatic carbocycles. The Morgan fingerprint density at radius 1 is 1.36 bits per heavy atom. The second-order valence-corrected chi connectivity index (χ2v) is 5.68. The molecule has 1 aromatic heterocycles. The van der Waals surface area contributed by atoms with Gasteiger partial charge in [0.2, 0.25) is 5.91 Å². The zero-order valence-corrected chi connectivity index (χ0v) is 13.7. The highest BCUT2D eigenvalue weighted by Crippen LogP contribution is 2.25.